The molecule has 6 rings (SSSR count). The van der Waals surface area contributed by atoms with Gasteiger partial charge in [0.15, 0.2) is 22.7 Å². The molecule has 0 bridgehead atoms. The Hall–Kier alpha value is -3.44. The van der Waals surface area contributed by atoms with Gasteiger partial charge in [0.25, 0.3) is 0 Å². The molecule has 12 nitrogen and oxygen atoms in total. The number of ether oxygens (including phenoxy) is 2. The monoisotopic (exact) mass is 858 g/mol. The highest BCUT2D eigenvalue weighted by molar-refractivity contribution is 9.10. The Labute approximate surface area is 306 Å². The molecule has 250 valence electrons. The van der Waals surface area contributed by atoms with Gasteiger partial charge in [0, 0.05) is 48.6 Å². The summed E-state index contributed by atoms with van der Waals surface area (Å²) in [6.45, 7) is -0.0943. The van der Waals surface area contributed by atoms with Crippen LogP contribution in [0.2, 0.25) is 0 Å². The molecule has 2 aromatic carbocycles. The van der Waals surface area contributed by atoms with Crippen LogP contribution in [0.1, 0.15) is 32.1 Å². The molecule has 4 heterocycles. The minimum Gasteiger partial charge on any atom is -0.464 e. The molecule has 0 radical (unpaired) electrons. The number of methoxy groups -OCH3 is 2. The van der Waals surface area contributed by atoms with E-state index in [1.165, 1.54) is 14.2 Å². The second-order valence-electron chi connectivity index (χ2n) is 9.36. The number of carbonyl (C=O) groups excluding carboxylic acids is 2. The smallest absolute Gasteiger partial charge is 0.359 e. The first-order chi connectivity index (χ1) is 23.0. The third-order valence-corrected chi connectivity index (χ3v) is 7.58. The molecule has 6 aromatic rings. The quantitative estimate of drug-likeness (QED) is 0.103. The van der Waals surface area contributed by atoms with E-state index in [-0.39, 0.29) is 18.0 Å². The molecule has 0 aliphatic carbocycles. The molecule has 0 atom stereocenters. The summed E-state index contributed by atoms with van der Waals surface area (Å²) < 4.78 is 23.5. The first kappa shape index (κ1) is 37.4. The second-order valence-corrected chi connectivity index (χ2v) is 14.0. The molecule has 48 heavy (non-hydrogen) atoms. The maximum absolute atomic E-state index is 11.9. The molecule has 0 unspecified atom stereocenters. The first-order valence-electron chi connectivity index (χ1n) is 13.4. The number of aromatic nitrogens is 6. The van der Waals surface area contributed by atoms with Crippen LogP contribution >= 0.6 is 64.8 Å². The lowest BCUT2D eigenvalue weighted by Crippen LogP contribution is -2.04. The number of esters is 2. The zero-order chi connectivity index (χ0) is 35.0. The zero-order valence-corrected chi connectivity index (χ0v) is 31.1. The van der Waals surface area contributed by atoms with Gasteiger partial charge in [-0.3, -0.25) is 0 Å². The van der Waals surface area contributed by atoms with Gasteiger partial charge >= 0.3 is 11.9 Å². The summed E-state index contributed by atoms with van der Waals surface area (Å²) in [5.41, 5.74) is 4.69. The van der Waals surface area contributed by atoms with E-state index in [0.29, 0.717) is 33.6 Å². The van der Waals surface area contributed by atoms with E-state index in [2.05, 4.69) is 73.4 Å². The maximum Gasteiger partial charge on any atom is 0.359 e. The van der Waals surface area contributed by atoms with Crippen molar-refractivity contribution in [1.82, 2.24) is 29.5 Å². The van der Waals surface area contributed by atoms with Gasteiger partial charge < -0.3 is 14.6 Å². The Morgan fingerprint density at radius 2 is 1.21 bits per heavy atom. The number of pyridine rings is 2. The fourth-order valence-electron chi connectivity index (χ4n) is 4.44. The summed E-state index contributed by atoms with van der Waals surface area (Å²) in [6.07, 6.45) is 3.29. The SMILES string of the molecule is COC(=O)c1nn(-c2cc(Br)cc(CCl)c2)c2ncccc12.COC(=O)c1nn(-c2cc(Br)cc(CO)c2)c2ncccc12.O=S(Cl)Cl. The van der Waals surface area contributed by atoms with Crippen LogP contribution in [0.5, 0.6) is 0 Å². The van der Waals surface area contributed by atoms with Gasteiger partial charge in [-0.15, -0.1) is 11.6 Å². The van der Waals surface area contributed by atoms with E-state index < -0.39 is 21.2 Å². The average molecular weight is 862 g/mol. The van der Waals surface area contributed by atoms with Crippen LogP contribution in [-0.2, 0) is 31.2 Å². The summed E-state index contributed by atoms with van der Waals surface area (Å²) >= 11 is 12.8. The van der Waals surface area contributed by atoms with Crippen LogP contribution in [0, 0.1) is 0 Å². The molecule has 0 saturated carbocycles. The van der Waals surface area contributed by atoms with Crippen molar-refractivity contribution in [2.45, 2.75) is 12.5 Å². The standard InChI is InChI=1S/C15H11BrClN3O2.C15H12BrN3O3.Cl2OS/c1-22-15(21)13-12-3-2-4-18-14(12)20(19-13)11-6-9(8-17)5-10(16)7-11;1-22-15(21)13-12-3-2-4-17-14(12)19(18-13)11-6-9(8-20)5-10(16)7-11;1-4(2)3/h2-7H,8H2,1H3;2-7,20H,8H2,1H3;. The lowest BCUT2D eigenvalue weighted by molar-refractivity contribution is 0.0587. The molecule has 0 saturated heterocycles. The first-order valence-corrected chi connectivity index (χ1v) is 18.3. The molecular formula is C30H23Br2Cl3N6O6S. The highest BCUT2D eigenvalue weighted by Gasteiger charge is 2.21. The van der Waals surface area contributed by atoms with Crippen LogP contribution in [0.4, 0.5) is 0 Å². The number of nitrogens with zero attached hydrogens (tertiary/aromatic N) is 6. The van der Waals surface area contributed by atoms with E-state index in [9.17, 15) is 14.7 Å². The Morgan fingerprint density at radius 3 is 1.60 bits per heavy atom. The van der Waals surface area contributed by atoms with Gasteiger partial charge in [0.05, 0.1) is 43.0 Å². The predicted molar refractivity (Wildman–Crippen MR) is 191 cm³/mol. The summed E-state index contributed by atoms with van der Waals surface area (Å²) in [5.74, 6) is -0.637. The van der Waals surface area contributed by atoms with Crippen molar-refractivity contribution in [1.29, 1.82) is 0 Å². The second kappa shape index (κ2) is 17.3. The largest absolute Gasteiger partial charge is 0.464 e. The average Bonchev–Trinajstić information content (AvgIpc) is 3.67. The third-order valence-electron chi connectivity index (χ3n) is 6.35. The summed E-state index contributed by atoms with van der Waals surface area (Å²) in [7, 11) is 10.00. The van der Waals surface area contributed by atoms with Gasteiger partial charge in [-0.05, 0) is 71.8 Å². The molecule has 0 aliphatic rings. The number of aliphatic hydroxyl groups is 1. The highest BCUT2D eigenvalue weighted by atomic mass is 79.9. The molecule has 18 heteroatoms. The minimum absolute atomic E-state index is 0.0943. The topological polar surface area (TPSA) is 151 Å². The Morgan fingerprint density at radius 1 is 0.792 bits per heavy atom. The molecule has 0 spiro atoms. The third kappa shape index (κ3) is 8.96. The number of halogens is 5. The lowest BCUT2D eigenvalue weighted by Gasteiger charge is -2.06. The van der Waals surface area contributed by atoms with E-state index in [1.807, 2.05) is 30.3 Å². The molecule has 1 N–H and O–H groups in total. The minimum atomic E-state index is -1.67. The van der Waals surface area contributed by atoms with E-state index in [0.717, 1.165) is 25.8 Å². The number of alkyl halides is 1. The number of hydrogen-bond donors (Lipinski definition) is 1. The lowest BCUT2D eigenvalue weighted by atomic mass is 10.2. The Balaban J connectivity index is 0.000000195. The number of carbonyl (C=O) groups is 2. The van der Waals surface area contributed by atoms with Crippen LogP contribution in [0.15, 0.2) is 82.0 Å². The summed E-state index contributed by atoms with van der Waals surface area (Å²) in [4.78, 5) is 32.4. The molecule has 0 amide bonds. The van der Waals surface area contributed by atoms with Crippen molar-refractivity contribution in [3.63, 3.8) is 0 Å². The van der Waals surface area contributed by atoms with Crippen LogP contribution in [0.25, 0.3) is 33.4 Å². The molecular weight excluding hydrogens is 839 g/mol. The van der Waals surface area contributed by atoms with Crippen molar-refractivity contribution in [2.75, 3.05) is 14.2 Å². The Kier molecular flexibility index (Phi) is 13.5. The zero-order valence-electron chi connectivity index (χ0n) is 24.8. The van der Waals surface area contributed by atoms with Crippen LogP contribution in [0.3, 0.4) is 0 Å². The summed E-state index contributed by atoms with van der Waals surface area (Å²) in [5, 5.41) is 19.3. The number of benzene rings is 2. The summed E-state index contributed by atoms with van der Waals surface area (Å²) in [6, 6.07) is 18.2. The van der Waals surface area contributed by atoms with E-state index in [1.54, 1.807) is 52.1 Å². The van der Waals surface area contributed by atoms with Gasteiger partial charge in [-0.2, -0.15) is 10.2 Å². The van der Waals surface area contributed by atoms with E-state index >= 15 is 0 Å². The number of rotatable bonds is 6. The van der Waals surface area contributed by atoms with Crippen molar-refractivity contribution in [2.24, 2.45) is 0 Å². The fourth-order valence-corrected chi connectivity index (χ4v) is 5.65. The highest BCUT2D eigenvalue weighted by Crippen LogP contribution is 2.26. The van der Waals surface area contributed by atoms with Crippen molar-refractivity contribution < 1.29 is 28.4 Å². The number of hydrogen-bond acceptors (Lipinski definition) is 10. The molecule has 0 aliphatic heterocycles. The maximum atomic E-state index is 11.9. The van der Waals surface area contributed by atoms with Crippen LogP contribution < -0.4 is 0 Å². The van der Waals surface area contributed by atoms with Crippen molar-refractivity contribution in [3.05, 3.63) is 105 Å². The normalized spacial score (nSPS) is 10.7. The predicted octanol–water partition coefficient (Wildman–Crippen LogP) is 7.21. The Bertz CT molecular complexity index is 1980. The van der Waals surface area contributed by atoms with Gasteiger partial charge in [0.2, 0.25) is 9.23 Å². The number of aliphatic hydroxyl groups excluding tert-OH is 1. The van der Waals surface area contributed by atoms with Crippen molar-refractivity contribution >= 4 is 108 Å². The van der Waals surface area contributed by atoms with E-state index in [4.69, 9.17) is 25.3 Å². The number of fused-ring (bicyclic) bond motifs is 2. The van der Waals surface area contributed by atoms with Gasteiger partial charge in [-0.25, -0.2) is 33.1 Å². The van der Waals surface area contributed by atoms with Gasteiger partial charge in [-0.1, -0.05) is 31.9 Å². The molecule has 0 fully saturated rings. The van der Waals surface area contributed by atoms with Gasteiger partial charge in [0.1, 0.15) is 0 Å². The van der Waals surface area contributed by atoms with Crippen LogP contribution in [-0.4, -0.2) is 65.0 Å². The van der Waals surface area contributed by atoms with Crippen molar-refractivity contribution in [3.8, 4) is 11.4 Å². The molecule has 4 aromatic heterocycles. The fraction of sp³-hybridized carbons (Fsp3) is 0.133.